The zero-order valence-electron chi connectivity index (χ0n) is 22.4. The van der Waals surface area contributed by atoms with Crippen molar-refractivity contribution in [2.75, 3.05) is 39.8 Å². The number of nitrogens with zero attached hydrogens (tertiary/aromatic N) is 2. The Morgan fingerprint density at radius 2 is 1.81 bits per heavy atom. The van der Waals surface area contributed by atoms with Gasteiger partial charge in [-0.05, 0) is 48.8 Å². The number of allylic oxidation sites excluding steroid dienone is 2. The molecule has 4 unspecified atom stereocenters. The minimum atomic E-state index is -0.425. The number of phenols is 2. The lowest BCUT2D eigenvalue weighted by atomic mass is 9.66. The third-order valence-electron chi connectivity index (χ3n) is 8.28. The van der Waals surface area contributed by atoms with Crippen molar-refractivity contribution in [1.82, 2.24) is 9.80 Å². The van der Waals surface area contributed by atoms with E-state index in [2.05, 4.69) is 51.2 Å². The van der Waals surface area contributed by atoms with Crippen LogP contribution >= 0.6 is 0 Å². The highest BCUT2D eigenvalue weighted by molar-refractivity contribution is 6.35. The maximum absolute atomic E-state index is 13.6. The molecule has 1 aliphatic carbocycles. The van der Waals surface area contributed by atoms with Crippen molar-refractivity contribution in [3.63, 3.8) is 0 Å². The van der Waals surface area contributed by atoms with Gasteiger partial charge < -0.3 is 24.7 Å². The number of carbonyl (C=O) groups excluding carboxylic acids is 1. The van der Waals surface area contributed by atoms with Crippen LogP contribution in [-0.2, 0) is 4.79 Å². The number of amides is 1. The summed E-state index contributed by atoms with van der Waals surface area (Å²) in [5.74, 6) is 0.994. The van der Waals surface area contributed by atoms with E-state index >= 15 is 0 Å². The molecule has 7 heteroatoms. The van der Waals surface area contributed by atoms with Gasteiger partial charge in [-0.3, -0.25) is 4.79 Å². The Kier molecular flexibility index (Phi) is 8.39. The summed E-state index contributed by atoms with van der Waals surface area (Å²) in [5, 5.41) is 22.0. The maximum Gasteiger partial charge on any atom is 0.223 e. The molecular weight excluding hydrogens is 451 g/mol. The molecule has 36 heavy (non-hydrogen) atoms. The second-order valence-corrected chi connectivity index (χ2v) is 11.5. The fourth-order valence-corrected chi connectivity index (χ4v) is 6.29. The van der Waals surface area contributed by atoms with Crippen molar-refractivity contribution in [1.29, 1.82) is 0 Å². The lowest BCUT2D eigenvalue weighted by Gasteiger charge is -2.40. The Labute approximate surface area is 217 Å². The second-order valence-electron chi connectivity index (χ2n) is 11.5. The number of aromatic hydroxyl groups is 2. The van der Waals surface area contributed by atoms with E-state index in [0.717, 1.165) is 58.2 Å². The van der Waals surface area contributed by atoms with E-state index in [0.29, 0.717) is 23.1 Å². The highest BCUT2D eigenvalue weighted by Gasteiger charge is 2.40. The van der Waals surface area contributed by atoms with Gasteiger partial charge in [-0.1, -0.05) is 51.6 Å². The van der Waals surface area contributed by atoms with Crippen LogP contribution in [0.25, 0.3) is 0 Å². The first-order chi connectivity index (χ1) is 17.2. The average molecular weight is 493 g/mol. The molecule has 6 nitrogen and oxygen atoms in total. The topological polar surface area (TPSA) is 73.2 Å². The van der Waals surface area contributed by atoms with Gasteiger partial charge in [0.25, 0.3) is 0 Å². The normalized spacial score (nSPS) is 27.8. The SMILES string of the molecule is COc1cc(O)c(C(CC(=O)N2CC(C)CC(C)C2)C2(C)C=CC(CN3CC[B]CC3)=CC2)c(O)c1. The van der Waals surface area contributed by atoms with Crippen LogP contribution in [0.3, 0.4) is 0 Å². The number of ether oxygens (including phenoxy) is 1. The van der Waals surface area contributed by atoms with Gasteiger partial charge in [-0.15, -0.1) is 0 Å². The smallest absolute Gasteiger partial charge is 0.223 e. The highest BCUT2D eigenvalue weighted by Crippen LogP contribution is 2.51. The van der Waals surface area contributed by atoms with E-state index in [1.807, 2.05) is 4.90 Å². The minimum Gasteiger partial charge on any atom is -0.507 e. The molecule has 2 heterocycles. The lowest BCUT2D eigenvalue weighted by Crippen LogP contribution is -2.44. The quantitative estimate of drug-likeness (QED) is 0.533. The van der Waals surface area contributed by atoms with E-state index in [1.165, 1.54) is 24.8 Å². The first kappa shape index (κ1) is 26.7. The average Bonchev–Trinajstić information content (AvgIpc) is 2.84. The number of likely N-dealkylation sites (tertiary alicyclic amines) is 1. The maximum atomic E-state index is 13.6. The van der Waals surface area contributed by atoms with Crippen molar-refractivity contribution in [2.24, 2.45) is 17.3 Å². The fraction of sp³-hybridized carbons (Fsp3) is 0.621. The molecule has 2 saturated heterocycles. The van der Waals surface area contributed by atoms with Crippen molar-refractivity contribution >= 4 is 13.2 Å². The van der Waals surface area contributed by atoms with Crippen LogP contribution in [0.2, 0.25) is 12.6 Å². The van der Waals surface area contributed by atoms with Crippen LogP contribution in [0.1, 0.15) is 51.5 Å². The van der Waals surface area contributed by atoms with Gasteiger partial charge in [0.15, 0.2) is 0 Å². The molecule has 0 saturated carbocycles. The van der Waals surface area contributed by atoms with Gasteiger partial charge in [0.1, 0.15) is 24.5 Å². The number of hydrogen-bond donors (Lipinski definition) is 2. The standard InChI is InChI=1S/C29H42BN2O4/c1-20-13-21(2)18-32(17-20)27(35)16-24(28-25(33)14-23(36-4)15-26(28)34)29(3)7-5-22(6-8-29)19-31-11-9-30-10-12-31/h5-7,14-15,20-21,24,33-34H,8-13,16-19H2,1-4H3. The Balaban J connectivity index is 1.60. The van der Waals surface area contributed by atoms with Crippen molar-refractivity contribution in [3.05, 3.63) is 41.5 Å². The molecule has 195 valence electrons. The van der Waals surface area contributed by atoms with Crippen LogP contribution in [-0.4, -0.2) is 73.0 Å². The number of benzene rings is 1. The van der Waals surface area contributed by atoms with Gasteiger partial charge >= 0.3 is 0 Å². The summed E-state index contributed by atoms with van der Waals surface area (Å²) in [6.45, 7) is 11.2. The van der Waals surface area contributed by atoms with Crippen molar-refractivity contribution in [2.45, 2.75) is 58.6 Å². The van der Waals surface area contributed by atoms with Gasteiger partial charge in [0.05, 0.1) is 7.11 Å². The number of phenolic OH excluding ortho intramolecular Hbond substituents is 2. The Morgan fingerprint density at radius 1 is 1.17 bits per heavy atom. The van der Waals surface area contributed by atoms with Gasteiger partial charge in [0.2, 0.25) is 5.91 Å². The van der Waals surface area contributed by atoms with Crippen LogP contribution in [0.15, 0.2) is 35.9 Å². The molecule has 0 spiro atoms. The van der Waals surface area contributed by atoms with Crippen LogP contribution < -0.4 is 4.74 Å². The largest absolute Gasteiger partial charge is 0.507 e. The molecule has 1 radical (unpaired) electrons. The Bertz CT molecular complexity index is 970. The fourth-order valence-electron chi connectivity index (χ4n) is 6.29. The Morgan fingerprint density at radius 3 is 2.36 bits per heavy atom. The zero-order chi connectivity index (χ0) is 25.9. The van der Waals surface area contributed by atoms with Gasteiger partial charge in [-0.2, -0.15) is 0 Å². The third-order valence-corrected chi connectivity index (χ3v) is 8.28. The predicted molar refractivity (Wildman–Crippen MR) is 145 cm³/mol. The summed E-state index contributed by atoms with van der Waals surface area (Å²) in [6.07, 6.45) is 11.1. The molecule has 4 rings (SSSR count). The van der Waals surface area contributed by atoms with E-state index in [1.54, 1.807) is 0 Å². The molecule has 2 aliphatic heterocycles. The number of methoxy groups -OCH3 is 1. The van der Waals surface area contributed by atoms with E-state index < -0.39 is 5.41 Å². The lowest BCUT2D eigenvalue weighted by molar-refractivity contribution is -0.134. The van der Waals surface area contributed by atoms with Crippen molar-refractivity contribution in [3.8, 4) is 17.2 Å². The number of carbonyl (C=O) groups is 1. The number of piperidine rings is 1. The Hall–Kier alpha value is -2.41. The van der Waals surface area contributed by atoms with E-state index in [9.17, 15) is 15.0 Å². The molecule has 1 amide bonds. The minimum absolute atomic E-state index is 0.0287. The van der Waals surface area contributed by atoms with E-state index in [4.69, 9.17) is 4.74 Å². The summed E-state index contributed by atoms with van der Waals surface area (Å²) >= 11 is 0. The van der Waals surface area contributed by atoms with Crippen LogP contribution in [0, 0.1) is 17.3 Å². The van der Waals surface area contributed by atoms with Crippen LogP contribution in [0.4, 0.5) is 0 Å². The highest BCUT2D eigenvalue weighted by atomic mass is 16.5. The summed E-state index contributed by atoms with van der Waals surface area (Å²) in [7, 11) is 3.86. The van der Waals surface area contributed by atoms with Crippen molar-refractivity contribution < 1.29 is 19.7 Å². The molecule has 3 aliphatic rings. The summed E-state index contributed by atoms with van der Waals surface area (Å²) < 4.78 is 5.24. The van der Waals surface area contributed by atoms with Gasteiger partial charge in [-0.25, -0.2) is 0 Å². The molecule has 1 aromatic rings. The predicted octanol–water partition coefficient (Wildman–Crippen LogP) is 4.83. The zero-order valence-corrected chi connectivity index (χ0v) is 22.4. The molecule has 0 bridgehead atoms. The first-order valence-electron chi connectivity index (χ1n) is 13.5. The first-order valence-corrected chi connectivity index (χ1v) is 13.5. The summed E-state index contributed by atoms with van der Waals surface area (Å²) in [4.78, 5) is 18.1. The number of rotatable bonds is 7. The molecular formula is C29H42BN2O4. The summed E-state index contributed by atoms with van der Waals surface area (Å²) in [5.41, 5.74) is 1.30. The second kappa shape index (κ2) is 11.3. The number of hydrogen-bond acceptors (Lipinski definition) is 5. The summed E-state index contributed by atoms with van der Waals surface area (Å²) in [6, 6.07) is 3.06. The van der Waals surface area contributed by atoms with Gasteiger partial charge in [0, 0.05) is 49.7 Å². The molecule has 0 aromatic heterocycles. The molecule has 2 N–H and O–H groups in total. The molecule has 4 atom stereocenters. The molecule has 1 aromatic carbocycles. The third kappa shape index (κ3) is 6.11. The monoisotopic (exact) mass is 493 g/mol. The van der Waals surface area contributed by atoms with E-state index in [-0.39, 0.29) is 29.7 Å². The van der Waals surface area contributed by atoms with Crippen LogP contribution in [0.5, 0.6) is 17.2 Å². The molecule has 2 fully saturated rings.